The Balaban J connectivity index is 2.04. The third kappa shape index (κ3) is 3.96. The predicted octanol–water partition coefficient (Wildman–Crippen LogP) is 1.28. The number of methoxy groups -OCH3 is 1. The van der Waals surface area contributed by atoms with Gasteiger partial charge in [0.1, 0.15) is 12.4 Å². The van der Waals surface area contributed by atoms with Crippen molar-refractivity contribution in [2.75, 3.05) is 31.4 Å². The molecule has 21 heavy (non-hydrogen) atoms. The molecule has 0 aliphatic heterocycles. The minimum Gasteiger partial charge on any atom is -0.491 e. The van der Waals surface area contributed by atoms with Gasteiger partial charge in [-0.05, 0) is 12.1 Å². The number of ether oxygens (including phenoxy) is 2. The van der Waals surface area contributed by atoms with Crippen LogP contribution in [0.4, 0.5) is 11.4 Å². The van der Waals surface area contributed by atoms with E-state index in [1.54, 1.807) is 44.6 Å². The van der Waals surface area contributed by atoms with Crippen LogP contribution < -0.4 is 15.8 Å². The van der Waals surface area contributed by atoms with Crippen molar-refractivity contribution in [3.05, 3.63) is 36.2 Å². The molecule has 3 N–H and O–H groups in total. The van der Waals surface area contributed by atoms with E-state index in [0.717, 1.165) is 0 Å². The smallest absolute Gasteiger partial charge is 0.278 e. The number of nitrogen functional groups attached to an aromatic ring is 1. The first kappa shape index (κ1) is 14.9. The number of nitrogens with zero attached hydrogens (tertiary/aromatic N) is 2. The third-order valence-corrected chi connectivity index (χ3v) is 2.72. The van der Waals surface area contributed by atoms with Crippen molar-refractivity contribution >= 4 is 17.3 Å². The van der Waals surface area contributed by atoms with Crippen LogP contribution in [-0.2, 0) is 11.8 Å². The van der Waals surface area contributed by atoms with Crippen LogP contribution >= 0.6 is 0 Å². The van der Waals surface area contributed by atoms with Gasteiger partial charge in [-0.15, -0.1) is 0 Å². The molecule has 0 radical (unpaired) electrons. The molecule has 2 aromatic rings. The third-order valence-electron chi connectivity index (χ3n) is 2.72. The molecule has 0 atom stereocenters. The van der Waals surface area contributed by atoms with Gasteiger partial charge in [0, 0.05) is 32.1 Å². The molecule has 7 heteroatoms. The molecule has 1 aromatic heterocycles. The molecule has 0 unspecified atom stereocenters. The number of carbonyl (C=O) groups is 1. The summed E-state index contributed by atoms with van der Waals surface area (Å²) in [5.41, 5.74) is 6.87. The topological polar surface area (TPSA) is 91.4 Å². The van der Waals surface area contributed by atoms with Crippen LogP contribution in [0.25, 0.3) is 0 Å². The second kappa shape index (κ2) is 6.76. The number of rotatable bonds is 6. The summed E-state index contributed by atoms with van der Waals surface area (Å²) < 4.78 is 11.9. The van der Waals surface area contributed by atoms with Crippen molar-refractivity contribution in [2.45, 2.75) is 0 Å². The molecule has 1 amide bonds. The quantitative estimate of drug-likeness (QED) is 0.782. The Morgan fingerprint density at radius 2 is 2.24 bits per heavy atom. The number of nitrogens with two attached hydrogens (primary N) is 1. The molecule has 112 valence electrons. The number of aryl methyl sites for hydroxylation is 1. The van der Waals surface area contributed by atoms with E-state index in [2.05, 4.69) is 10.4 Å². The van der Waals surface area contributed by atoms with Crippen molar-refractivity contribution < 1.29 is 14.3 Å². The lowest BCUT2D eigenvalue weighted by Crippen LogP contribution is -2.14. The van der Waals surface area contributed by atoms with E-state index in [9.17, 15) is 4.79 Å². The first-order valence-corrected chi connectivity index (χ1v) is 6.42. The maximum Gasteiger partial charge on any atom is 0.278 e. The molecule has 2 rings (SSSR count). The Kier molecular flexibility index (Phi) is 4.78. The maximum atomic E-state index is 12.1. The van der Waals surface area contributed by atoms with E-state index in [0.29, 0.717) is 30.3 Å². The molecule has 0 saturated carbocycles. The van der Waals surface area contributed by atoms with Crippen LogP contribution in [0.1, 0.15) is 10.5 Å². The van der Waals surface area contributed by atoms with Crippen molar-refractivity contribution in [1.29, 1.82) is 0 Å². The van der Waals surface area contributed by atoms with Crippen molar-refractivity contribution in [1.82, 2.24) is 9.78 Å². The highest BCUT2D eigenvalue weighted by Crippen LogP contribution is 2.19. The molecule has 1 aromatic carbocycles. The van der Waals surface area contributed by atoms with Gasteiger partial charge in [-0.2, -0.15) is 5.10 Å². The average molecular weight is 290 g/mol. The van der Waals surface area contributed by atoms with Crippen LogP contribution in [0.3, 0.4) is 0 Å². The van der Waals surface area contributed by atoms with Crippen LogP contribution in [0.5, 0.6) is 5.75 Å². The van der Waals surface area contributed by atoms with Gasteiger partial charge in [-0.3, -0.25) is 9.48 Å². The summed E-state index contributed by atoms with van der Waals surface area (Å²) in [5, 5.41) is 6.76. The second-order valence-electron chi connectivity index (χ2n) is 4.43. The second-order valence-corrected chi connectivity index (χ2v) is 4.43. The van der Waals surface area contributed by atoms with Gasteiger partial charge in [-0.25, -0.2) is 0 Å². The zero-order chi connectivity index (χ0) is 15.2. The normalized spacial score (nSPS) is 10.4. The summed E-state index contributed by atoms with van der Waals surface area (Å²) in [7, 11) is 3.31. The predicted molar refractivity (Wildman–Crippen MR) is 79.4 cm³/mol. The van der Waals surface area contributed by atoms with E-state index in [-0.39, 0.29) is 11.6 Å². The first-order chi connectivity index (χ1) is 10.1. The Morgan fingerprint density at radius 1 is 1.43 bits per heavy atom. The zero-order valence-corrected chi connectivity index (χ0v) is 12.0. The Hall–Kier alpha value is -2.54. The highest BCUT2D eigenvalue weighted by Gasteiger charge is 2.14. The number of benzene rings is 1. The monoisotopic (exact) mass is 290 g/mol. The lowest BCUT2D eigenvalue weighted by Gasteiger charge is -2.08. The van der Waals surface area contributed by atoms with E-state index < -0.39 is 0 Å². The van der Waals surface area contributed by atoms with E-state index >= 15 is 0 Å². The highest BCUT2D eigenvalue weighted by molar-refractivity contribution is 6.06. The number of carbonyl (C=O) groups excluding carboxylic acids is 1. The summed E-state index contributed by atoms with van der Waals surface area (Å²) in [6, 6.07) is 7.09. The number of aromatic nitrogens is 2. The van der Waals surface area contributed by atoms with Crippen LogP contribution in [0.15, 0.2) is 30.5 Å². The van der Waals surface area contributed by atoms with Crippen molar-refractivity contribution in [3.8, 4) is 5.75 Å². The SMILES string of the molecule is COCCOc1cccc(NC(=O)c2nn(C)cc2N)c1. The van der Waals surface area contributed by atoms with Gasteiger partial charge in [0.2, 0.25) is 0 Å². The molecule has 1 heterocycles. The van der Waals surface area contributed by atoms with Gasteiger partial charge < -0.3 is 20.5 Å². The average Bonchev–Trinajstić information content (AvgIpc) is 2.78. The Morgan fingerprint density at radius 3 is 2.90 bits per heavy atom. The largest absolute Gasteiger partial charge is 0.491 e. The molecule has 0 saturated heterocycles. The standard InChI is InChI=1S/C14H18N4O3/c1-18-9-12(15)13(17-18)14(19)16-10-4-3-5-11(8-10)21-7-6-20-2/h3-5,8-9H,6-7,15H2,1-2H3,(H,16,19). The van der Waals surface area contributed by atoms with Gasteiger partial charge in [0.05, 0.1) is 12.3 Å². The minimum atomic E-state index is -0.359. The first-order valence-electron chi connectivity index (χ1n) is 6.42. The fraction of sp³-hybridized carbons (Fsp3) is 0.286. The fourth-order valence-electron chi connectivity index (χ4n) is 1.78. The number of amides is 1. The maximum absolute atomic E-state index is 12.1. The van der Waals surface area contributed by atoms with Crippen LogP contribution in [0, 0.1) is 0 Å². The van der Waals surface area contributed by atoms with Gasteiger partial charge in [0.25, 0.3) is 5.91 Å². The van der Waals surface area contributed by atoms with Crippen molar-refractivity contribution in [2.24, 2.45) is 7.05 Å². The summed E-state index contributed by atoms with van der Waals surface area (Å²) in [5.74, 6) is 0.293. The van der Waals surface area contributed by atoms with Crippen LogP contribution in [0.2, 0.25) is 0 Å². The lowest BCUT2D eigenvalue weighted by molar-refractivity contribution is 0.102. The molecular formula is C14H18N4O3. The molecule has 0 aliphatic carbocycles. The van der Waals surface area contributed by atoms with Crippen LogP contribution in [-0.4, -0.2) is 36.0 Å². The zero-order valence-electron chi connectivity index (χ0n) is 12.0. The minimum absolute atomic E-state index is 0.197. The lowest BCUT2D eigenvalue weighted by atomic mass is 10.3. The summed E-state index contributed by atoms with van der Waals surface area (Å²) in [6.07, 6.45) is 1.58. The molecule has 0 fully saturated rings. The molecule has 7 nitrogen and oxygen atoms in total. The Bertz CT molecular complexity index is 624. The van der Waals surface area contributed by atoms with E-state index in [4.69, 9.17) is 15.2 Å². The number of nitrogens with one attached hydrogen (secondary N) is 1. The van der Waals surface area contributed by atoms with E-state index in [1.165, 1.54) is 4.68 Å². The van der Waals surface area contributed by atoms with Crippen molar-refractivity contribution in [3.63, 3.8) is 0 Å². The summed E-state index contributed by atoms with van der Waals surface area (Å²) in [4.78, 5) is 12.1. The molecule has 0 spiro atoms. The van der Waals surface area contributed by atoms with Gasteiger partial charge in [0.15, 0.2) is 5.69 Å². The molecule has 0 bridgehead atoms. The molecule has 0 aliphatic rings. The highest BCUT2D eigenvalue weighted by atomic mass is 16.5. The summed E-state index contributed by atoms with van der Waals surface area (Å²) in [6.45, 7) is 0.947. The van der Waals surface area contributed by atoms with Gasteiger partial charge >= 0.3 is 0 Å². The van der Waals surface area contributed by atoms with Gasteiger partial charge in [-0.1, -0.05) is 6.07 Å². The summed E-state index contributed by atoms with van der Waals surface area (Å²) >= 11 is 0. The number of hydrogen-bond acceptors (Lipinski definition) is 5. The Labute approximate surface area is 122 Å². The fourth-order valence-corrected chi connectivity index (χ4v) is 1.78. The number of anilines is 2. The number of hydrogen-bond donors (Lipinski definition) is 2. The van der Waals surface area contributed by atoms with E-state index in [1.807, 2.05) is 0 Å². The molecular weight excluding hydrogens is 272 g/mol.